The highest BCUT2D eigenvalue weighted by atomic mass is 16.5. The lowest BCUT2D eigenvalue weighted by atomic mass is 10.2. The third-order valence-corrected chi connectivity index (χ3v) is 1.22. The number of hydrogen-bond donors (Lipinski definition) is 1. The van der Waals surface area contributed by atoms with Crippen LogP contribution in [0, 0.1) is 0 Å². The first kappa shape index (κ1) is 9.06. The maximum absolute atomic E-state index is 5.44. The molecule has 12 heavy (non-hydrogen) atoms. The van der Waals surface area contributed by atoms with Crippen molar-refractivity contribution in [3.05, 3.63) is 12.0 Å². The Hall–Kier alpha value is -1.03. The van der Waals surface area contributed by atoms with Gasteiger partial charge in [-0.3, -0.25) is 0 Å². The van der Waals surface area contributed by atoms with Crippen LogP contribution in [0.15, 0.2) is 10.6 Å². The van der Waals surface area contributed by atoms with Crippen molar-refractivity contribution in [1.29, 1.82) is 0 Å². The summed E-state index contributed by atoms with van der Waals surface area (Å²) in [5.74, 6) is 0.655. The van der Waals surface area contributed by atoms with Gasteiger partial charge in [-0.25, -0.2) is 4.98 Å². The molecule has 0 aliphatic heterocycles. The van der Waals surface area contributed by atoms with E-state index in [9.17, 15) is 0 Å². The molecule has 0 saturated carbocycles. The van der Waals surface area contributed by atoms with E-state index in [-0.39, 0.29) is 11.6 Å². The van der Waals surface area contributed by atoms with Crippen molar-refractivity contribution in [2.45, 2.75) is 33.0 Å². The molecule has 1 rings (SSSR count). The molecule has 4 heteroatoms. The Morgan fingerprint density at radius 3 is 2.67 bits per heavy atom. The lowest BCUT2D eigenvalue weighted by Gasteiger charge is -2.17. The van der Waals surface area contributed by atoms with Crippen LogP contribution in [0.3, 0.4) is 0 Å². The predicted molar refractivity (Wildman–Crippen MR) is 45.5 cm³/mol. The third-order valence-electron chi connectivity index (χ3n) is 1.22. The summed E-state index contributed by atoms with van der Waals surface area (Å²) in [6.07, 6.45) is 1.57. The van der Waals surface area contributed by atoms with Crippen molar-refractivity contribution in [1.82, 2.24) is 4.98 Å². The molecule has 0 amide bonds. The van der Waals surface area contributed by atoms with Gasteiger partial charge in [0.05, 0.1) is 11.8 Å². The Kier molecular flexibility index (Phi) is 2.38. The molecule has 0 aromatic carbocycles. The second-order valence-electron chi connectivity index (χ2n) is 3.57. The van der Waals surface area contributed by atoms with Gasteiger partial charge in [0.25, 0.3) is 6.01 Å². The number of nitrogen functional groups attached to an aromatic ring is 1. The maximum Gasteiger partial charge on any atom is 0.292 e. The molecule has 68 valence electrons. The maximum atomic E-state index is 5.44. The van der Waals surface area contributed by atoms with Crippen molar-refractivity contribution in [3.63, 3.8) is 0 Å². The smallest absolute Gasteiger partial charge is 0.292 e. The fraction of sp³-hybridized carbons (Fsp3) is 0.625. The molecule has 0 unspecified atom stereocenters. The second-order valence-corrected chi connectivity index (χ2v) is 3.57. The van der Waals surface area contributed by atoms with E-state index in [1.807, 2.05) is 20.8 Å². The zero-order valence-corrected chi connectivity index (χ0v) is 7.63. The molecule has 0 atom stereocenters. The largest absolute Gasteiger partial charge is 0.426 e. The molecule has 1 aromatic heterocycles. The monoisotopic (exact) mass is 170 g/mol. The fourth-order valence-electron chi connectivity index (χ4n) is 0.677. The van der Waals surface area contributed by atoms with Crippen LogP contribution in [0.2, 0.25) is 0 Å². The van der Waals surface area contributed by atoms with Crippen molar-refractivity contribution in [2.24, 2.45) is 0 Å². The molecule has 0 bridgehead atoms. The highest BCUT2D eigenvalue weighted by Gasteiger charge is 2.11. The summed E-state index contributed by atoms with van der Waals surface area (Å²) < 4.78 is 10.5. The van der Waals surface area contributed by atoms with E-state index in [0.29, 0.717) is 12.4 Å². The van der Waals surface area contributed by atoms with Crippen LogP contribution in [0.5, 0.6) is 0 Å². The summed E-state index contributed by atoms with van der Waals surface area (Å²) >= 11 is 0. The van der Waals surface area contributed by atoms with Crippen molar-refractivity contribution in [3.8, 4) is 0 Å². The molecule has 4 nitrogen and oxygen atoms in total. The van der Waals surface area contributed by atoms with Crippen molar-refractivity contribution < 1.29 is 9.15 Å². The van der Waals surface area contributed by atoms with E-state index < -0.39 is 0 Å². The van der Waals surface area contributed by atoms with Crippen LogP contribution >= 0.6 is 0 Å². The van der Waals surface area contributed by atoms with E-state index in [1.54, 1.807) is 6.20 Å². The van der Waals surface area contributed by atoms with E-state index in [4.69, 9.17) is 14.9 Å². The normalized spacial score (nSPS) is 11.9. The topological polar surface area (TPSA) is 61.3 Å². The quantitative estimate of drug-likeness (QED) is 0.731. The van der Waals surface area contributed by atoms with Gasteiger partial charge in [-0.05, 0) is 20.8 Å². The first-order valence-corrected chi connectivity index (χ1v) is 3.81. The summed E-state index contributed by atoms with van der Waals surface area (Å²) in [4.78, 5) is 3.75. The van der Waals surface area contributed by atoms with E-state index in [1.165, 1.54) is 0 Å². The number of ether oxygens (including phenoxy) is 1. The first-order valence-electron chi connectivity index (χ1n) is 3.81. The lowest BCUT2D eigenvalue weighted by Crippen LogP contribution is -2.18. The molecule has 0 fully saturated rings. The molecule has 0 aliphatic rings. The van der Waals surface area contributed by atoms with Gasteiger partial charge in [0.1, 0.15) is 6.61 Å². The van der Waals surface area contributed by atoms with Crippen molar-refractivity contribution >= 4 is 6.01 Å². The molecule has 0 spiro atoms. The van der Waals surface area contributed by atoms with Gasteiger partial charge in [0.15, 0.2) is 5.76 Å². The van der Waals surface area contributed by atoms with Gasteiger partial charge in [0, 0.05) is 0 Å². The average Bonchev–Trinajstić information content (AvgIpc) is 2.30. The van der Waals surface area contributed by atoms with Gasteiger partial charge in [-0.15, -0.1) is 0 Å². The number of rotatable bonds is 2. The zero-order valence-electron chi connectivity index (χ0n) is 7.63. The molecule has 0 aliphatic carbocycles. The molecular weight excluding hydrogens is 156 g/mol. The minimum Gasteiger partial charge on any atom is -0.426 e. The Morgan fingerprint density at radius 1 is 1.58 bits per heavy atom. The number of nitrogens with two attached hydrogens (primary N) is 1. The van der Waals surface area contributed by atoms with E-state index in [0.717, 1.165) is 0 Å². The minimum absolute atomic E-state index is 0.165. The third kappa shape index (κ3) is 2.92. The highest BCUT2D eigenvalue weighted by molar-refractivity contribution is 5.10. The summed E-state index contributed by atoms with van der Waals surface area (Å²) in [5.41, 5.74) is 5.12. The van der Waals surface area contributed by atoms with Gasteiger partial charge in [-0.2, -0.15) is 0 Å². The van der Waals surface area contributed by atoms with E-state index >= 15 is 0 Å². The molecule has 0 saturated heterocycles. The Labute approximate surface area is 71.7 Å². The second kappa shape index (κ2) is 3.15. The molecule has 2 N–H and O–H groups in total. The van der Waals surface area contributed by atoms with E-state index in [2.05, 4.69) is 4.98 Å². The van der Waals surface area contributed by atoms with Gasteiger partial charge >= 0.3 is 0 Å². The Morgan fingerprint density at radius 2 is 2.25 bits per heavy atom. The highest BCUT2D eigenvalue weighted by Crippen LogP contribution is 2.12. The van der Waals surface area contributed by atoms with Crippen LogP contribution in [0.1, 0.15) is 26.5 Å². The molecule has 0 radical (unpaired) electrons. The molecule has 1 aromatic rings. The summed E-state index contributed by atoms with van der Waals surface area (Å²) in [7, 11) is 0. The first-order chi connectivity index (χ1) is 5.47. The summed E-state index contributed by atoms with van der Waals surface area (Å²) in [6, 6.07) is 0.183. The standard InChI is InChI=1S/C8H14N2O2/c1-8(2,3)11-5-6-4-10-7(9)12-6/h4H,5H2,1-3H3,(H2,9,10). The number of oxazole rings is 1. The Bertz CT molecular complexity index is 250. The SMILES string of the molecule is CC(C)(C)OCc1cnc(N)o1. The van der Waals surface area contributed by atoms with Crippen molar-refractivity contribution in [2.75, 3.05) is 5.73 Å². The van der Waals surface area contributed by atoms with Crippen LogP contribution in [-0.2, 0) is 11.3 Å². The molecule has 1 heterocycles. The summed E-state index contributed by atoms with van der Waals surface area (Å²) in [6.45, 7) is 6.35. The van der Waals surface area contributed by atoms with Gasteiger partial charge in [0.2, 0.25) is 0 Å². The van der Waals surface area contributed by atoms with Crippen LogP contribution in [0.4, 0.5) is 6.01 Å². The Balaban J connectivity index is 2.44. The van der Waals surface area contributed by atoms with Gasteiger partial charge < -0.3 is 14.9 Å². The number of hydrogen-bond acceptors (Lipinski definition) is 4. The lowest BCUT2D eigenvalue weighted by molar-refractivity contribution is -0.0221. The zero-order chi connectivity index (χ0) is 9.19. The fourth-order valence-corrected chi connectivity index (χ4v) is 0.677. The molecular formula is C8H14N2O2. The predicted octanol–water partition coefficient (Wildman–Crippen LogP) is 1.57. The van der Waals surface area contributed by atoms with Crippen LogP contribution in [-0.4, -0.2) is 10.6 Å². The van der Waals surface area contributed by atoms with Crippen LogP contribution < -0.4 is 5.73 Å². The number of nitrogens with zero attached hydrogens (tertiary/aromatic N) is 1. The number of anilines is 1. The average molecular weight is 170 g/mol. The van der Waals surface area contributed by atoms with Gasteiger partial charge in [-0.1, -0.05) is 0 Å². The summed E-state index contributed by atoms with van der Waals surface area (Å²) in [5, 5.41) is 0. The van der Waals surface area contributed by atoms with Crippen LogP contribution in [0.25, 0.3) is 0 Å². The number of aromatic nitrogens is 1. The minimum atomic E-state index is -0.165.